The van der Waals surface area contributed by atoms with Crippen LogP contribution >= 0.6 is 0 Å². The molecule has 174 valence electrons. The van der Waals surface area contributed by atoms with E-state index in [1.807, 2.05) is 0 Å². The summed E-state index contributed by atoms with van der Waals surface area (Å²) < 4.78 is 69.0. The summed E-state index contributed by atoms with van der Waals surface area (Å²) in [4.78, 5) is 21.5. The van der Waals surface area contributed by atoms with Gasteiger partial charge in [0.25, 0.3) is 0 Å². The first-order valence-electron chi connectivity index (χ1n) is 10.6. The van der Waals surface area contributed by atoms with Crippen LogP contribution in [0, 0.1) is 23.5 Å². The molecule has 6 rings (SSSR count). The first-order valence-corrected chi connectivity index (χ1v) is 10.6. The van der Waals surface area contributed by atoms with Crippen molar-refractivity contribution < 1.29 is 26.7 Å². The quantitative estimate of drug-likeness (QED) is 0.323. The summed E-state index contributed by atoms with van der Waals surface area (Å²) in [6, 6.07) is 6.20. The summed E-state index contributed by atoms with van der Waals surface area (Å²) >= 11 is 0. The fourth-order valence-corrected chi connectivity index (χ4v) is 4.74. The minimum absolute atomic E-state index is 0.0492. The van der Waals surface area contributed by atoms with Gasteiger partial charge in [0, 0.05) is 23.0 Å². The summed E-state index contributed by atoms with van der Waals surface area (Å²) in [6.07, 6.45) is -0.0609. The lowest BCUT2D eigenvalue weighted by Crippen LogP contribution is -2.56. The maximum atomic E-state index is 15.3. The van der Waals surface area contributed by atoms with Gasteiger partial charge in [-0.25, -0.2) is 13.8 Å². The van der Waals surface area contributed by atoms with E-state index < -0.39 is 29.9 Å². The van der Waals surface area contributed by atoms with Crippen LogP contribution in [0.3, 0.4) is 0 Å². The van der Waals surface area contributed by atoms with Crippen molar-refractivity contribution in [3.63, 3.8) is 0 Å². The highest BCUT2D eigenvalue weighted by Gasteiger charge is 2.56. The Bertz CT molecular complexity index is 1410. The Balaban J connectivity index is 1.41. The third kappa shape index (κ3) is 3.17. The van der Waals surface area contributed by atoms with E-state index >= 15 is 8.78 Å². The van der Waals surface area contributed by atoms with Crippen LogP contribution in [-0.4, -0.2) is 25.7 Å². The zero-order chi connectivity index (χ0) is 23.8. The van der Waals surface area contributed by atoms with Crippen molar-refractivity contribution in [3.8, 4) is 11.1 Å². The summed E-state index contributed by atoms with van der Waals surface area (Å²) in [5, 5.41) is 3.22. The molecule has 1 amide bonds. The largest absolute Gasteiger partial charge is 0.504 e. The first kappa shape index (κ1) is 20.8. The number of amides is 1. The van der Waals surface area contributed by atoms with Crippen LogP contribution in [-0.2, 0) is 11.1 Å². The van der Waals surface area contributed by atoms with Crippen molar-refractivity contribution in [2.45, 2.75) is 25.2 Å². The molecule has 1 aliphatic heterocycles. The first-order chi connectivity index (χ1) is 16.2. The van der Waals surface area contributed by atoms with Crippen molar-refractivity contribution in [3.05, 3.63) is 66.3 Å². The molecule has 2 unspecified atom stereocenters. The number of aromatic amines is 1. The van der Waals surface area contributed by atoms with Crippen LogP contribution in [0.1, 0.15) is 24.4 Å². The molecule has 11 heteroatoms. The Labute approximate surface area is 189 Å². The number of halogens is 5. The molecule has 6 nitrogen and oxygen atoms in total. The van der Waals surface area contributed by atoms with E-state index in [9.17, 15) is 18.0 Å². The number of nitrogens with zero attached hydrogens (tertiary/aromatic N) is 4. The number of H-pyrrole nitrogens is 1. The van der Waals surface area contributed by atoms with E-state index in [0.29, 0.717) is 22.9 Å². The molecule has 3 heterocycles. The minimum Gasteiger partial charge on any atom is -0.345 e. The highest BCUT2D eigenvalue weighted by Crippen LogP contribution is 2.55. The smallest absolute Gasteiger partial charge is 0.345 e. The fraction of sp³-hybridized carbons (Fsp3) is 0.261. The fourth-order valence-electron chi connectivity index (χ4n) is 4.74. The molecular weight excluding hydrogens is 457 g/mol. The van der Waals surface area contributed by atoms with Crippen LogP contribution in [0.15, 0.2) is 49.1 Å². The number of carbonyl (C=O) groups is 1. The van der Waals surface area contributed by atoms with E-state index in [0.717, 1.165) is 31.2 Å². The number of β-lactam (4-membered cyclic amide) rings is 1. The zero-order valence-corrected chi connectivity index (χ0v) is 17.4. The third-order valence-corrected chi connectivity index (χ3v) is 6.50. The molecule has 1 saturated carbocycles. The Morgan fingerprint density at radius 1 is 1.03 bits per heavy atom. The van der Waals surface area contributed by atoms with Gasteiger partial charge in [-0.3, -0.25) is 4.79 Å². The van der Waals surface area contributed by atoms with Gasteiger partial charge in [-0.2, -0.15) is 9.78 Å². The Morgan fingerprint density at radius 3 is 2.41 bits per heavy atom. The van der Waals surface area contributed by atoms with Gasteiger partial charge in [0.2, 0.25) is 5.91 Å². The zero-order valence-electron chi connectivity index (χ0n) is 17.4. The average molecular weight is 473 g/mol. The molecule has 2 fully saturated rings. The van der Waals surface area contributed by atoms with Crippen molar-refractivity contribution >= 4 is 22.6 Å². The molecule has 0 radical (unpaired) electrons. The van der Waals surface area contributed by atoms with Crippen molar-refractivity contribution in [1.29, 1.82) is 0 Å². The van der Waals surface area contributed by atoms with Gasteiger partial charge < -0.3 is 9.88 Å². The third-order valence-electron chi connectivity index (χ3n) is 6.50. The van der Waals surface area contributed by atoms with Gasteiger partial charge in [-0.15, -0.1) is 13.2 Å². The molecule has 2 atom stereocenters. The maximum Gasteiger partial charge on any atom is 0.504 e. The number of alkyl halides is 3. The number of nitrogens with one attached hydrogen (secondary N) is 1. The monoisotopic (exact) mass is 473 g/mol. The normalized spacial score (nSPS) is 20.7. The lowest BCUT2D eigenvalue weighted by atomic mass is 9.78. The highest BCUT2D eigenvalue weighted by molar-refractivity contribution is 6.04. The highest BCUT2D eigenvalue weighted by atomic mass is 19.4. The van der Waals surface area contributed by atoms with E-state index in [-0.39, 0.29) is 33.2 Å². The van der Waals surface area contributed by atoms with Crippen LogP contribution in [0.25, 0.3) is 22.2 Å². The van der Waals surface area contributed by atoms with Gasteiger partial charge in [-0.1, -0.05) is 0 Å². The van der Waals surface area contributed by atoms with E-state index in [4.69, 9.17) is 0 Å². The van der Waals surface area contributed by atoms with Crippen molar-refractivity contribution in [2.75, 3.05) is 4.90 Å². The van der Waals surface area contributed by atoms with Crippen LogP contribution < -0.4 is 4.90 Å². The second kappa shape index (κ2) is 7.12. The van der Waals surface area contributed by atoms with E-state index in [1.165, 1.54) is 11.2 Å². The molecule has 2 aromatic carbocycles. The summed E-state index contributed by atoms with van der Waals surface area (Å²) in [5.41, 5.74) is 1.43. The summed E-state index contributed by atoms with van der Waals surface area (Å²) in [7, 11) is 0. The number of fused-ring (bicyclic) bond motifs is 1. The van der Waals surface area contributed by atoms with E-state index in [2.05, 4.69) is 15.1 Å². The predicted molar refractivity (Wildman–Crippen MR) is 111 cm³/mol. The number of rotatable bonds is 4. The minimum atomic E-state index is -4.74. The number of hydrogen-bond acceptors (Lipinski definition) is 3. The molecule has 0 bridgehead atoms. The molecule has 1 aliphatic carbocycles. The number of imidazole rings is 1. The van der Waals surface area contributed by atoms with Gasteiger partial charge in [-0.05, 0) is 54.7 Å². The lowest BCUT2D eigenvalue weighted by molar-refractivity contribution is -0.212. The van der Waals surface area contributed by atoms with Crippen molar-refractivity contribution in [2.24, 2.45) is 11.8 Å². The molecular formula is C23H16F5N5O. The van der Waals surface area contributed by atoms with Gasteiger partial charge in [0.05, 0.1) is 35.5 Å². The molecule has 1 saturated heterocycles. The second-order valence-corrected chi connectivity index (χ2v) is 8.62. The van der Waals surface area contributed by atoms with Crippen LogP contribution in [0.2, 0.25) is 0 Å². The van der Waals surface area contributed by atoms with Gasteiger partial charge >= 0.3 is 6.30 Å². The second-order valence-electron chi connectivity index (χ2n) is 8.62. The lowest BCUT2D eigenvalue weighted by Gasteiger charge is -2.48. The standard InChI is InChI=1S/C23H16F5N5O/c24-15-5-12(13-8-31-32(9-13)23(26,27)28)6-16(25)20(15)21-19(11-1-2-11)22(34)33(21)14-3-4-17-18(7-14)30-10-29-17/h3-11,19,21H,1-2H2,(H,29,30). The SMILES string of the molecule is O=C1C(C2CC2)C(c2c(F)cc(-c3cnn(C(F)(F)F)c3)cc2F)N1c1ccc2nc[nH]c2c1. The number of aromatic nitrogens is 4. The maximum absolute atomic E-state index is 15.3. The Hall–Kier alpha value is -3.76. The average Bonchev–Trinajstić information content (AvgIpc) is 3.26. The molecule has 34 heavy (non-hydrogen) atoms. The van der Waals surface area contributed by atoms with Gasteiger partial charge in [0.15, 0.2) is 0 Å². The summed E-state index contributed by atoms with van der Waals surface area (Å²) in [5.74, 6) is -2.56. The topological polar surface area (TPSA) is 66.8 Å². The van der Waals surface area contributed by atoms with E-state index in [1.54, 1.807) is 18.2 Å². The van der Waals surface area contributed by atoms with Gasteiger partial charge in [0.1, 0.15) is 11.6 Å². The number of anilines is 1. The molecule has 2 aromatic heterocycles. The Kier molecular flexibility index (Phi) is 4.36. The molecule has 0 spiro atoms. The van der Waals surface area contributed by atoms with Crippen LogP contribution in [0.4, 0.5) is 27.6 Å². The number of benzene rings is 2. The summed E-state index contributed by atoms with van der Waals surface area (Å²) in [6.45, 7) is 0. The molecule has 2 aliphatic rings. The molecule has 4 aromatic rings. The number of hydrogen-bond donors (Lipinski definition) is 1. The number of carbonyl (C=O) groups excluding carboxylic acids is 1. The molecule has 1 N–H and O–H groups in total. The Morgan fingerprint density at radius 2 is 1.76 bits per heavy atom. The predicted octanol–water partition coefficient (Wildman–Crippen LogP) is 5.30. The van der Waals surface area contributed by atoms with Crippen LogP contribution in [0.5, 0.6) is 0 Å². The van der Waals surface area contributed by atoms with Crippen molar-refractivity contribution in [1.82, 2.24) is 19.7 Å².